The number of esters is 1. The van der Waals surface area contributed by atoms with E-state index in [-0.39, 0.29) is 24.3 Å². The maximum Gasteiger partial charge on any atom is 0.308 e. The van der Waals surface area contributed by atoms with Gasteiger partial charge in [-0.1, -0.05) is 41.0 Å². The van der Waals surface area contributed by atoms with Crippen molar-refractivity contribution in [1.82, 2.24) is 4.90 Å². The van der Waals surface area contributed by atoms with Crippen LogP contribution in [0.2, 0.25) is 0 Å². The number of hydrogen-bond donors (Lipinski definition) is 0. The van der Waals surface area contributed by atoms with E-state index < -0.39 is 0 Å². The van der Waals surface area contributed by atoms with Gasteiger partial charge < -0.3 is 14.4 Å². The Balaban J connectivity index is 2.08. The van der Waals surface area contributed by atoms with Gasteiger partial charge in [-0.25, -0.2) is 0 Å². The normalized spacial score (nSPS) is 35.5. The van der Waals surface area contributed by atoms with Crippen LogP contribution >= 0.6 is 0 Å². The van der Waals surface area contributed by atoms with Crippen LogP contribution < -0.4 is 0 Å². The smallest absolute Gasteiger partial charge is 0.308 e. The zero-order valence-electron chi connectivity index (χ0n) is 16.5. The summed E-state index contributed by atoms with van der Waals surface area (Å²) in [5.74, 6) is 1.92. The molecule has 4 heteroatoms. The molecule has 0 amide bonds. The summed E-state index contributed by atoms with van der Waals surface area (Å²) in [7, 11) is 0. The Morgan fingerprint density at radius 1 is 1.17 bits per heavy atom. The first-order valence-corrected chi connectivity index (χ1v) is 9.96. The molecule has 2 fully saturated rings. The third-order valence-electron chi connectivity index (χ3n) is 6.28. The van der Waals surface area contributed by atoms with Crippen molar-refractivity contribution in [3.05, 3.63) is 0 Å². The highest BCUT2D eigenvalue weighted by Crippen LogP contribution is 2.38. The molecule has 24 heavy (non-hydrogen) atoms. The second-order valence-corrected chi connectivity index (χ2v) is 8.19. The molecule has 1 aliphatic carbocycles. The molecule has 140 valence electrons. The number of hydrogen-bond acceptors (Lipinski definition) is 4. The predicted molar refractivity (Wildman–Crippen MR) is 96.6 cm³/mol. The molecule has 0 N–H and O–H groups in total. The molecule has 4 nitrogen and oxygen atoms in total. The van der Waals surface area contributed by atoms with Crippen molar-refractivity contribution in [2.75, 3.05) is 13.1 Å². The molecule has 1 heterocycles. The Kier molecular flexibility index (Phi) is 7.11. The van der Waals surface area contributed by atoms with Gasteiger partial charge in [-0.05, 0) is 50.6 Å². The molecule has 6 atom stereocenters. The number of cyclic esters (lactones) is 1. The minimum absolute atomic E-state index is 0.103. The van der Waals surface area contributed by atoms with Crippen LogP contribution in [0.25, 0.3) is 0 Å². The van der Waals surface area contributed by atoms with E-state index in [0.717, 1.165) is 19.5 Å². The van der Waals surface area contributed by atoms with Crippen molar-refractivity contribution in [3.8, 4) is 0 Å². The fraction of sp³-hybridized carbons (Fsp3) is 0.950. The number of carbonyl (C=O) groups is 1. The molecule has 0 aromatic heterocycles. The highest BCUT2D eigenvalue weighted by Gasteiger charge is 2.43. The molecule has 0 aromatic rings. The molecule has 0 unspecified atom stereocenters. The summed E-state index contributed by atoms with van der Waals surface area (Å²) in [5, 5.41) is 0. The molecule has 2 aliphatic rings. The van der Waals surface area contributed by atoms with E-state index in [0.29, 0.717) is 30.2 Å². The standard InChI is InChI=1S/C20H37NO3/c1-7-21(8-2)15(6)17-12-19(22)24-20(17)23-18-11-14(5)9-10-16(18)13(3)4/h13-18,20H,7-12H2,1-6H3/t14-,15-,16+,17+,18-,20-/m1/s1. The monoisotopic (exact) mass is 339 g/mol. The van der Waals surface area contributed by atoms with Gasteiger partial charge in [0.1, 0.15) is 0 Å². The Hall–Kier alpha value is -0.610. The van der Waals surface area contributed by atoms with Crippen LogP contribution in [-0.2, 0) is 14.3 Å². The van der Waals surface area contributed by atoms with E-state index in [4.69, 9.17) is 9.47 Å². The molecule has 1 saturated heterocycles. The zero-order valence-corrected chi connectivity index (χ0v) is 16.5. The van der Waals surface area contributed by atoms with Crippen LogP contribution in [0.1, 0.15) is 67.2 Å². The number of carbonyl (C=O) groups excluding carboxylic acids is 1. The van der Waals surface area contributed by atoms with E-state index in [2.05, 4.69) is 46.4 Å². The first-order chi connectivity index (χ1) is 11.4. The maximum atomic E-state index is 12.0. The summed E-state index contributed by atoms with van der Waals surface area (Å²) in [4.78, 5) is 14.4. The van der Waals surface area contributed by atoms with Gasteiger partial charge in [0.05, 0.1) is 12.5 Å². The van der Waals surface area contributed by atoms with E-state index in [1.807, 2.05) is 0 Å². The van der Waals surface area contributed by atoms with Crippen LogP contribution in [0.5, 0.6) is 0 Å². The summed E-state index contributed by atoms with van der Waals surface area (Å²) in [6.07, 6.45) is 3.92. The second kappa shape index (κ2) is 8.66. The van der Waals surface area contributed by atoms with Crippen molar-refractivity contribution in [2.45, 2.75) is 85.7 Å². The molecule has 0 radical (unpaired) electrons. The van der Waals surface area contributed by atoms with Crippen molar-refractivity contribution in [1.29, 1.82) is 0 Å². The number of nitrogens with zero attached hydrogens (tertiary/aromatic N) is 1. The molecule has 0 spiro atoms. The van der Waals surface area contributed by atoms with Crippen molar-refractivity contribution in [2.24, 2.45) is 23.7 Å². The van der Waals surface area contributed by atoms with Crippen molar-refractivity contribution >= 4 is 5.97 Å². The van der Waals surface area contributed by atoms with Gasteiger partial charge in [-0.3, -0.25) is 4.79 Å². The lowest BCUT2D eigenvalue weighted by Gasteiger charge is -2.40. The topological polar surface area (TPSA) is 38.8 Å². The summed E-state index contributed by atoms with van der Waals surface area (Å²) in [5.41, 5.74) is 0. The SMILES string of the molecule is CCN(CC)[C@H](C)[C@@H]1CC(=O)O[C@H]1O[C@@H]1C[C@H](C)CC[C@H]1C(C)C. The quantitative estimate of drug-likeness (QED) is 0.655. The first-order valence-electron chi connectivity index (χ1n) is 9.96. The summed E-state index contributed by atoms with van der Waals surface area (Å²) in [6, 6.07) is 0.301. The molecule has 2 rings (SSSR count). The Bertz CT molecular complexity index is 408. The highest BCUT2D eigenvalue weighted by atomic mass is 16.7. The van der Waals surface area contributed by atoms with E-state index in [1.54, 1.807) is 0 Å². The van der Waals surface area contributed by atoms with E-state index >= 15 is 0 Å². The van der Waals surface area contributed by atoms with E-state index in [9.17, 15) is 4.79 Å². The Morgan fingerprint density at radius 3 is 2.42 bits per heavy atom. The Morgan fingerprint density at radius 2 is 1.83 bits per heavy atom. The van der Waals surface area contributed by atoms with Crippen LogP contribution in [0, 0.1) is 23.7 Å². The fourth-order valence-corrected chi connectivity index (χ4v) is 4.59. The second-order valence-electron chi connectivity index (χ2n) is 8.19. The average Bonchev–Trinajstić information content (AvgIpc) is 2.88. The summed E-state index contributed by atoms with van der Waals surface area (Å²) < 4.78 is 12.1. The van der Waals surface area contributed by atoms with Gasteiger partial charge in [0.25, 0.3) is 0 Å². The minimum Gasteiger partial charge on any atom is -0.435 e. The molecular weight excluding hydrogens is 302 g/mol. The van der Waals surface area contributed by atoms with E-state index in [1.165, 1.54) is 12.8 Å². The van der Waals surface area contributed by atoms with Crippen LogP contribution in [-0.4, -0.2) is 42.4 Å². The van der Waals surface area contributed by atoms with Gasteiger partial charge in [0.15, 0.2) is 0 Å². The van der Waals surface area contributed by atoms with Crippen molar-refractivity contribution in [3.63, 3.8) is 0 Å². The Labute approximate surface area is 148 Å². The van der Waals surface area contributed by atoms with Gasteiger partial charge in [-0.15, -0.1) is 0 Å². The van der Waals surface area contributed by atoms with Crippen LogP contribution in [0.15, 0.2) is 0 Å². The maximum absolute atomic E-state index is 12.0. The first kappa shape index (κ1) is 19.7. The van der Waals surface area contributed by atoms with Gasteiger partial charge in [-0.2, -0.15) is 0 Å². The zero-order chi connectivity index (χ0) is 17.9. The molecule has 0 aromatic carbocycles. The van der Waals surface area contributed by atoms with Gasteiger partial charge in [0.2, 0.25) is 6.29 Å². The largest absolute Gasteiger partial charge is 0.435 e. The third-order valence-corrected chi connectivity index (χ3v) is 6.28. The lowest BCUT2D eigenvalue weighted by Crippen LogP contribution is -2.45. The van der Waals surface area contributed by atoms with Gasteiger partial charge >= 0.3 is 5.97 Å². The fourth-order valence-electron chi connectivity index (χ4n) is 4.59. The highest BCUT2D eigenvalue weighted by molar-refractivity contribution is 5.72. The lowest BCUT2D eigenvalue weighted by molar-refractivity contribution is -0.200. The number of ether oxygens (including phenoxy) is 2. The lowest BCUT2D eigenvalue weighted by atomic mass is 9.75. The van der Waals surface area contributed by atoms with Crippen LogP contribution in [0.3, 0.4) is 0 Å². The molecule has 1 aliphatic heterocycles. The minimum atomic E-state index is -0.371. The molecule has 1 saturated carbocycles. The average molecular weight is 340 g/mol. The van der Waals surface area contributed by atoms with Crippen LogP contribution in [0.4, 0.5) is 0 Å². The molecule has 0 bridgehead atoms. The summed E-state index contributed by atoms with van der Waals surface area (Å²) >= 11 is 0. The van der Waals surface area contributed by atoms with Gasteiger partial charge in [0, 0.05) is 12.0 Å². The molecular formula is C20H37NO3. The number of rotatable bonds is 7. The predicted octanol–water partition coefficient (Wildman–Crippen LogP) is 4.08. The summed E-state index contributed by atoms with van der Waals surface area (Å²) in [6.45, 7) is 15.4. The third kappa shape index (κ3) is 4.51. The van der Waals surface area contributed by atoms with Crippen molar-refractivity contribution < 1.29 is 14.3 Å².